The Labute approximate surface area is 117 Å². The summed E-state index contributed by atoms with van der Waals surface area (Å²) < 4.78 is 6.71. The number of carbonyl (C=O) groups excluding carboxylic acids is 1. The van der Waals surface area contributed by atoms with Gasteiger partial charge in [0.2, 0.25) is 5.16 Å². The number of ether oxygens (including phenoxy) is 1. The molecule has 0 radical (unpaired) electrons. The Kier molecular flexibility index (Phi) is 5.74. The van der Waals surface area contributed by atoms with Crippen LogP contribution in [0.4, 0.5) is 0 Å². The van der Waals surface area contributed by atoms with Crippen molar-refractivity contribution < 1.29 is 9.53 Å². The highest BCUT2D eigenvalue weighted by Crippen LogP contribution is 2.21. The lowest BCUT2D eigenvalue weighted by Crippen LogP contribution is -2.55. The van der Waals surface area contributed by atoms with Crippen LogP contribution >= 0.6 is 11.8 Å². The van der Waals surface area contributed by atoms with Gasteiger partial charge in [-0.3, -0.25) is 10.1 Å². The van der Waals surface area contributed by atoms with Crippen molar-refractivity contribution in [2.45, 2.75) is 44.4 Å². The van der Waals surface area contributed by atoms with E-state index < -0.39 is 5.54 Å². The van der Waals surface area contributed by atoms with Gasteiger partial charge >= 0.3 is 5.97 Å². The van der Waals surface area contributed by atoms with Gasteiger partial charge in [0.05, 0.1) is 6.61 Å². The van der Waals surface area contributed by atoms with Gasteiger partial charge in [0.15, 0.2) is 0 Å². The van der Waals surface area contributed by atoms with Gasteiger partial charge in [-0.15, -0.1) is 5.10 Å². The molecule has 19 heavy (non-hydrogen) atoms. The maximum atomic E-state index is 12.1. The van der Waals surface area contributed by atoms with E-state index in [2.05, 4.69) is 20.8 Å². The van der Waals surface area contributed by atoms with E-state index in [0.717, 1.165) is 0 Å². The molecule has 0 aromatic carbocycles. The van der Waals surface area contributed by atoms with Crippen LogP contribution in [0.15, 0.2) is 5.16 Å². The fraction of sp³-hybridized carbons (Fsp3) is 0.818. The van der Waals surface area contributed by atoms with E-state index in [1.807, 2.05) is 20.8 Å². The van der Waals surface area contributed by atoms with Crippen molar-refractivity contribution in [2.75, 3.05) is 12.4 Å². The number of hydrogen-bond donors (Lipinski definition) is 1. The Balaban J connectivity index is 2.74. The van der Waals surface area contributed by atoms with Gasteiger partial charge in [0.1, 0.15) is 5.54 Å². The number of thioether (sulfide) groups is 1. The Hall–Kier alpha value is -1.15. The number of tetrazole rings is 1. The van der Waals surface area contributed by atoms with Crippen LogP contribution in [0, 0.1) is 0 Å². The lowest BCUT2D eigenvalue weighted by molar-refractivity contribution is -0.149. The lowest BCUT2D eigenvalue weighted by atomic mass is 10.0. The van der Waals surface area contributed by atoms with E-state index >= 15 is 0 Å². The van der Waals surface area contributed by atoms with Crippen LogP contribution in [0.25, 0.3) is 0 Å². The van der Waals surface area contributed by atoms with Crippen LogP contribution in [0.5, 0.6) is 0 Å². The minimum atomic E-state index is -0.763. The van der Waals surface area contributed by atoms with E-state index in [1.54, 1.807) is 18.7 Å². The van der Waals surface area contributed by atoms with Crippen LogP contribution in [0.2, 0.25) is 0 Å². The van der Waals surface area contributed by atoms with Crippen molar-refractivity contribution >= 4 is 17.7 Å². The Bertz CT molecular complexity index is 423. The molecule has 108 valence electrons. The molecule has 0 spiro atoms. The zero-order chi connectivity index (χ0) is 14.5. The molecular weight excluding hydrogens is 266 g/mol. The first-order valence-corrected chi connectivity index (χ1v) is 7.17. The van der Waals surface area contributed by atoms with Gasteiger partial charge in [-0.05, 0) is 38.1 Å². The van der Waals surface area contributed by atoms with Gasteiger partial charge in [-0.25, -0.2) is 4.68 Å². The number of aryl methyl sites for hydroxylation is 1. The normalized spacial score (nSPS) is 14.4. The number of carbonyl (C=O) groups is 1. The average molecular weight is 287 g/mol. The fourth-order valence-electron chi connectivity index (χ4n) is 1.64. The number of hydrogen-bond acceptors (Lipinski definition) is 7. The molecule has 1 aromatic heterocycles. The van der Waals surface area contributed by atoms with Gasteiger partial charge in [-0.1, -0.05) is 11.8 Å². The van der Waals surface area contributed by atoms with Crippen LogP contribution in [-0.4, -0.2) is 50.1 Å². The Morgan fingerprint density at radius 1 is 1.58 bits per heavy atom. The summed E-state index contributed by atoms with van der Waals surface area (Å²) in [6, 6.07) is 0.174. The van der Waals surface area contributed by atoms with Gasteiger partial charge in [0.25, 0.3) is 0 Å². The van der Waals surface area contributed by atoms with Crippen molar-refractivity contribution in [2.24, 2.45) is 7.05 Å². The van der Waals surface area contributed by atoms with Crippen molar-refractivity contribution in [3.63, 3.8) is 0 Å². The fourth-order valence-corrected chi connectivity index (χ4v) is 2.58. The summed E-state index contributed by atoms with van der Waals surface area (Å²) in [5, 5.41) is 15.1. The summed E-state index contributed by atoms with van der Waals surface area (Å²) >= 11 is 1.42. The lowest BCUT2D eigenvalue weighted by Gasteiger charge is -2.30. The Morgan fingerprint density at radius 2 is 2.26 bits per heavy atom. The largest absolute Gasteiger partial charge is 0.465 e. The van der Waals surface area contributed by atoms with E-state index in [1.165, 1.54) is 11.8 Å². The highest BCUT2D eigenvalue weighted by atomic mass is 32.2. The monoisotopic (exact) mass is 287 g/mol. The molecule has 0 saturated heterocycles. The second-order valence-corrected chi connectivity index (χ2v) is 5.67. The minimum absolute atomic E-state index is 0.174. The molecule has 0 amide bonds. The van der Waals surface area contributed by atoms with Gasteiger partial charge in [-0.2, -0.15) is 0 Å². The third-order valence-corrected chi connectivity index (χ3v) is 3.73. The molecule has 1 rings (SSSR count). The standard InChI is InChI=1S/C11H21N5O2S/c1-6-18-9(17)11(4,12-8(2)3)7-19-10-13-14-15-16(10)5/h8,12H,6-7H2,1-5H3. The van der Waals surface area contributed by atoms with Crippen molar-refractivity contribution in [3.8, 4) is 0 Å². The predicted octanol–water partition coefficient (Wildman–Crippen LogP) is 0.622. The smallest absolute Gasteiger partial charge is 0.326 e. The number of esters is 1. The minimum Gasteiger partial charge on any atom is -0.465 e. The third-order valence-electron chi connectivity index (χ3n) is 2.40. The maximum Gasteiger partial charge on any atom is 0.326 e. The third kappa shape index (κ3) is 4.46. The van der Waals surface area contributed by atoms with Crippen LogP contribution in [0.3, 0.4) is 0 Å². The van der Waals surface area contributed by atoms with Gasteiger partial charge in [0, 0.05) is 18.8 Å². The first-order valence-electron chi connectivity index (χ1n) is 6.19. The number of rotatable bonds is 7. The Morgan fingerprint density at radius 3 is 2.74 bits per heavy atom. The van der Waals surface area contributed by atoms with Gasteiger partial charge < -0.3 is 4.74 Å². The molecule has 1 aromatic rings. The summed E-state index contributed by atoms with van der Waals surface area (Å²) in [6.07, 6.45) is 0. The molecule has 7 nitrogen and oxygen atoms in total. The molecule has 0 saturated carbocycles. The molecule has 0 fully saturated rings. The molecule has 1 N–H and O–H groups in total. The summed E-state index contributed by atoms with van der Waals surface area (Å²) in [5.41, 5.74) is -0.763. The zero-order valence-corrected chi connectivity index (χ0v) is 12.8. The summed E-state index contributed by atoms with van der Waals surface area (Å²) in [4.78, 5) is 12.1. The first kappa shape index (κ1) is 15.9. The van der Waals surface area contributed by atoms with Crippen LogP contribution in [0.1, 0.15) is 27.7 Å². The number of nitrogens with zero attached hydrogens (tertiary/aromatic N) is 4. The molecule has 0 aliphatic rings. The van der Waals surface area contributed by atoms with Crippen LogP contribution in [-0.2, 0) is 16.6 Å². The molecule has 1 heterocycles. The average Bonchev–Trinajstić information content (AvgIpc) is 2.72. The summed E-state index contributed by atoms with van der Waals surface area (Å²) in [6.45, 7) is 7.98. The summed E-state index contributed by atoms with van der Waals surface area (Å²) in [5.74, 6) is 0.240. The van der Waals surface area contributed by atoms with Crippen molar-refractivity contribution in [1.29, 1.82) is 0 Å². The predicted molar refractivity (Wildman–Crippen MR) is 72.8 cm³/mol. The molecule has 0 aliphatic heterocycles. The van der Waals surface area contributed by atoms with E-state index in [0.29, 0.717) is 17.5 Å². The quantitative estimate of drug-likeness (QED) is 0.581. The molecular formula is C11H21N5O2S. The van der Waals surface area contributed by atoms with Crippen molar-refractivity contribution in [1.82, 2.24) is 25.5 Å². The maximum absolute atomic E-state index is 12.1. The van der Waals surface area contributed by atoms with E-state index in [9.17, 15) is 4.79 Å². The van der Waals surface area contributed by atoms with E-state index in [-0.39, 0.29) is 12.0 Å². The summed E-state index contributed by atoms with van der Waals surface area (Å²) in [7, 11) is 1.76. The van der Waals surface area contributed by atoms with Crippen LogP contribution < -0.4 is 5.32 Å². The van der Waals surface area contributed by atoms with E-state index in [4.69, 9.17) is 4.74 Å². The highest BCUT2D eigenvalue weighted by Gasteiger charge is 2.35. The topological polar surface area (TPSA) is 81.9 Å². The van der Waals surface area contributed by atoms with Crippen molar-refractivity contribution in [3.05, 3.63) is 0 Å². The second kappa shape index (κ2) is 6.85. The molecule has 1 unspecified atom stereocenters. The first-order chi connectivity index (χ1) is 8.89. The number of nitrogens with one attached hydrogen (secondary N) is 1. The molecule has 8 heteroatoms. The zero-order valence-electron chi connectivity index (χ0n) is 12.0. The number of aromatic nitrogens is 4. The molecule has 1 atom stereocenters. The molecule has 0 aliphatic carbocycles. The second-order valence-electron chi connectivity index (χ2n) is 4.73. The highest BCUT2D eigenvalue weighted by molar-refractivity contribution is 7.99. The molecule has 0 bridgehead atoms. The SMILES string of the molecule is CCOC(=O)C(C)(CSc1nnnn1C)NC(C)C.